The molecule has 3 aromatic rings. The Kier molecular flexibility index (Phi) is 2.51. The average molecular weight is 336 g/mol. The fourth-order valence-electron chi connectivity index (χ4n) is 1.69. The van der Waals surface area contributed by atoms with Gasteiger partial charge in [0.05, 0.1) is 5.56 Å². The molecule has 0 aliphatic heterocycles. The fraction of sp³-hybridized carbons (Fsp3) is 0. The first kappa shape index (κ1) is 10.6. The summed E-state index contributed by atoms with van der Waals surface area (Å²) in [6.45, 7) is 0. The van der Waals surface area contributed by atoms with Crippen LogP contribution in [0.3, 0.4) is 0 Å². The first-order valence-corrected chi connectivity index (χ1v) is 6.23. The maximum Gasteiger partial charge on any atom is 0.228 e. The molecule has 0 atom stereocenters. The lowest BCUT2D eigenvalue weighted by Crippen LogP contribution is -1.82. The molecule has 2 aromatic carbocycles. The van der Waals surface area contributed by atoms with E-state index in [9.17, 15) is 0 Å². The summed E-state index contributed by atoms with van der Waals surface area (Å²) in [6.07, 6.45) is 0. The van der Waals surface area contributed by atoms with E-state index in [0.29, 0.717) is 11.6 Å². The average Bonchev–Trinajstić information content (AvgIpc) is 2.72. The lowest BCUT2D eigenvalue weighted by atomic mass is 10.2. The Morgan fingerprint density at radius 2 is 1.94 bits per heavy atom. The number of nitrogens with zero attached hydrogens (tertiary/aromatic N) is 1. The molecule has 2 N–H and O–H groups in total. The Bertz CT molecular complexity index is 691. The van der Waals surface area contributed by atoms with Crippen molar-refractivity contribution in [3.8, 4) is 11.5 Å². The Labute approximate surface area is 112 Å². The van der Waals surface area contributed by atoms with Gasteiger partial charge in [0.2, 0.25) is 5.89 Å². The van der Waals surface area contributed by atoms with Gasteiger partial charge in [0.15, 0.2) is 5.58 Å². The van der Waals surface area contributed by atoms with E-state index in [4.69, 9.17) is 10.2 Å². The summed E-state index contributed by atoms with van der Waals surface area (Å²) in [4.78, 5) is 4.46. The van der Waals surface area contributed by atoms with Crippen LogP contribution < -0.4 is 5.73 Å². The van der Waals surface area contributed by atoms with E-state index in [1.165, 1.54) is 0 Å². The zero-order chi connectivity index (χ0) is 11.8. The largest absolute Gasteiger partial charge is 0.436 e. The Hall–Kier alpha value is -1.56. The van der Waals surface area contributed by atoms with Crippen LogP contribution in [0.15, 0.2) is 46.9 Å². The summed E-state index contributed by atoms with van der Waals surface area (Å²) in [5, 5.41) is 0. The number of anilines is 1. The summed E-state index contributed by atoms with van der Waals surface area (Å²) in [5.74, 6) is 0.635. The number of nitrogen functional groups attached to an aromatic ring is 1. The number of halogens is 1. The highest BCUT2D eigenvalue weighted by Crippen LogP contribution is 2.28. The van der Waals surface area contributed by atoms with Gasteiger partial charge in [-0.2, -0.15) is 0 Å². The van der Waals surface area contributed by atoms with E-state index in [2.05, 4.69) is 27.6 Å². The quantitative estimate of drug-likeness (QED) is 0.545. The maximum atomic E-state index is 5.72. The van der Waals surface area contributed by atoms with Gasteiger partial charge in [0.25, 0.3) is 0 Å². The minimum Gasteiger partial charge on any atom is -0.436 e. The van der Waals surface area contributed by atoms with Crippen molar-refractivity contribution in [2.75, 3.05) is 5.73 Å². The normalized spacial score (nSPS) is 10.9. The second-order valence-corrected chi connectivity index (χ2v) is 4.89. The van der Waals surface area contributed by atoms with Gasteiger partial charge in [-0.3, -0.25) is 0 Å². The summed E-state index contributed by atoms with van der Waals surface area (Å²) in [5.41, 5.74) is 8.95. The SMILES string of the molecule is Nc1ccc2nc(-c3ccccc3I)oc2c1. The van der Waals surface area contributed by atoms with Gasteiger partial charge >= 0.3 is 0 Å². The molecule has 84 valence electrons. The predicted molar refractivity (Wildman–Crippen MR) is 76.6 cm³/mol. The monoisotopic (exact) mass is 336 g/mol. The number of fused-ring (bicyclic) bond motifs is 1. The molecule has 0 saturated heterocycles. The highest BCUT2D eigenvalue weighted by Gasteiger charge is 2.10. The third-order valence-electron chi connectivity index (χ3n) is 2.52. The molecule has 0 radical (unpaired) electrons. The molecule has 3 rings (SSSR count). The summed E-state index contributed by atoms with van der Waals surface area (Å²) in [7, 11) is 0. The van der Waals surface area contributed by atoms with Gasteiger partial charge in [-0.05, 0) is 46.9 Å². The van der Waals surface area contributed by atoms with E-state index in [1.807, 2.05) is 36.4 Å². The summed E-state index contributed by atoms with van der Waals surface area (Å²) >= 11 is 2.27. The van der Waals surface area contributed by atoms with E-state index < -0.39 is 0 Å². The van der Waals surface area contributed by atoms with Crippen LogP contribution in [0.25, 0.3) is 22.6 Å². The maximum absolute atomic E-state index is 5.72. The Morgan fingerprint density at radius 1 is 1.12 bits per heavy atom. The minimum absolute atomic E-state index is 0.635. The zero-order valence-electron chi connectivity index (χ0n) is 8.85. The molecule has 0 bridgehead atoms. The van der Waals surface area contributed by atoms with Crippen LogP contribution in [0, 0.1) is 3.57 Å². The highest BCUT2D eigenvalue weighted by molar-refractivity contribution is 14.1. The molecule has 1 heterocycles. The lowest BCUT2D eigenvalue weighted by molar-refractivity contribution is 0.619. The number of hydrogen-bond donors (Lipinski definition) is 1. The molecule has 17 heavy (non-hydrogen) atoms. The molecule has 0 aliphatic rings. The smallest absolute Gasteiger partial charge is 0.228 e. The number of nitrogens with two attached hydrogens (primary N) is 1. The van der Waals surface area contributed by atoms with Crippen molar-refractivity contribution < 1.29 is 4.42 Å². The van der Waals surface area contributed by atoms with E-state index in [-0.39, 0.29) is 0 Å². The molecule has 4 heteroatoms. The van der Waals surface area contributed by atoms with Gasteiger partial charge in [-0.1, -0.05) is 12.1 Å². The molecule has 0 spiro atoms. The van der Waals surface area contributed by atoms with Crippen LogP contribution in [-0.4, -0.2) is 4.98 Å². The molecule has 0 amide bonds. The van der Waals surface area contributed by atoms with Crippen molar-refractivity contribution in [1.29, 1.82) is 0 Å². The molecular formula is C13H9IN2O. The van der Waals surface area contributed by atoms with Gasteiger partial charge in [-0.25, -0.2) is 4.98 Å². The topological polar surface area (TPSA) is 52.0 Å². The minimum atomic E-state index is 0.635. The number of oxazole rings is 1. The number of rotatable bonds is 1. The standard InChI is InChI=1S/C13H9IN2O/c14-10-4-2-1-3-9(10)13-16-11-6-5-8(15)7-12(11)17-13/h1-7H,15H2. The third kappa shape index (κ3) is 1.88. The van der Waals surface area contributed by atoms with Gasteiger partial charge < -0.3 is 10.2 Å². The second-order valence-electron chi connectivity index (χ2n) is 3.73. The summed E-state index contributed by atoms with van der Waals surface area (Å²) < 4.78 is 6.84. The molecule has 0 saturated carbocycles. The van der Waals surface area contributed by atoms with Crippen molar-refractivity contribution >= 4 is 39.4 Å². The highest BCUT2D eigenvalue weighted by atomic mass is 127. The number of benzene rings is 2. The van der Waals surface area contributed by atoms with Crippen molar-refractivity contribution in [3.05, 3.63) is 46.0 Å². The predicted octanol–water partition coefficient (Wildman–Crippen LogP) is 3.68. The Morgan fingerprint density at radius 3 is 2.76 bits per heavy atom. The van der Waals surface area contributed by atoms with Crippen LogP contribution in [-0.2, 0) is 0 Å². The lowest BCUT2D eigenvalue weighted by Gasteiger charge is -1.97. The van der Waals surface area contributed by atoms with E-state index >= 15 is 0 Å². The first-order chi connectivity index (χ1) is 8.24. The molecule has 0 aliphatic carbocycles. The third-order valence-corrected chi connectivity index (χ3v) is 3.46. The van der Waals surface area contributed by atoms with Crippen molar-refractivity contribution in [1.82, 2.24) is 4.98 Å². The fourth-order valence-corrected chi connectivity index (χ4v) is 2.31. The van der Waals surface area contributed by atoms with Gasteiger partial charge in [0, 0.05) is 15.3 Å². The van der Waals surface area contributed by atoms with Crippen LogP contribution in [0.5, 0.6) is 0 Å². The molecule has 3 nitrogen and oxygen atoms in total. The summed E-state index contributed by atoms with van der Waals surface area (Å²) in [6, 6.07) is 13.5. The molecular weight excluding hydrogens is 327 g/mol. The first-order valence-electron chi connectivity index (χ1n) is 5.15. The van der Waals surface area contributed by atoms with Crippen LogP contribution in [0.4, 0.5) is 5.69 Å². The van der Waals surface area contributed by atoms with E-state index in [1.54, 1.807) is 6.07 Å². The van der Waals surface area contributed by atoms with Gasteiger partial charge in [-0.15, -0.1) is 0 Å². The number of aromatic nitrogens is 1. The van der Waals surface area contributed by atoms with Crippen molar-refractivity contribution in [3.63, 3.8) is 0 Å². The van der Waals surface area contributed by atoms with Gasteiger partial charge in [0.1, 0.15) is 5.52 Å². The molecule has 0 fully saturated rings. The Balaban J connectivity index is 2.22. The number of hydrogen-bond acceptors (Lipinski definition) is 3. The molecule has 1 aromatic heterocycles. The zero-order valence-corrected chi connectivity index (χ0v) is 11.0. The van der Waals surface area contributed by atoms with E-state index in [0.717, 1.165) is 20.2 Å². The van der Waals surface area contributed by atoms with Crippen LogP contribution in [0.1, 0.15) is 0 Å². The van der Waals surface area contributed by atoms with Crippen molar-refractivity contribution in [2.24, 2.45) is 0 Å². The van der Waals surface area contributed by atoms with Crippen LogP contribution >= 0.6 is 22.6 Å². The second kappa shape index (κ2) is 4.03. The van der Waals surface area contributed by atoms with Crippen LogP contribution in [0.2, 0.25) is 0 Å². The van der Waals surface area contributed by atoms with Crippen molar-refractivity contribution in [2.45, 2.75) is 0 Å². The molecule has 0 unspecified atom stereocenters.